The number of nitrogens with two attached hydrogens (primary N) is 1. The number of aromatic nitrogens is 4. The fraction of sp³-hybridized carbons (Fsp3) is 0.545. The number of nitrogens with zero attached hydrogens (tertiary/aromatic N) is 3. The first-order valence-electron chi connectivity index (χ1n) is 6.22. The van der Waals surface area contributed by atoms with Crippen molar-refractivity contribution in [2.45, 2.75) is 31.0 Å². The molecule has 1 aliphatic heterocycles. The van der Waals surface area contributed by atoms with E-state index in [1.807, 2.05) is 0 Å². The fourth-order valence-electron chi connectivity index (χ4n) is 2.48. The first-order chi connectivity index (χ1) is 9.86. The van der Waals surface area contributed by atoms with E-state index in [-0.39, 0.29) is 17.1 Å². The number of ether oxygens (including phenoxy) is 1. The van der Waals surface area contributed by atoms with Gasteiger partial charge in [0.05, 0.1) is 12.9 Å². The quantitative estimate of drug-likeness (QED) is 0.539. The van der Waals surface area contributed by atoms with E-state index in [2.05, 4.69) is 15.0 Å². The van der Waals surface area contributed by atoms with Crippen molar-refractivity contribution in [1.82, 2.24) is 19.5 Å². The first-order valence-corrected chi connectivity index (χ1v) is 6.22. The molecule has 2 aromatic heterocycles. The molecule has 3 rings (SSSR count). The Bertz CT molecular complexity index is 742. The molecule has 0 bridgehead atoms. The summed E-state index contributed by atoms with van der Waals surface area (Å²) in [6.45, 7) is 0.598. The first kappa shape index (κ1) is 13.9. The van der Waals surface area contributed by atoms with Crippen molar-refractivity contribution in [3.8, 4) is 0 Å². The maximum atomic E-state index is 14.7. The summed E-state index contributed by atoms with van der Waals surface area (Å²) >= 11 is 0. The largest absolute Gasteiger partial charge is 0.394 e. The molecule has 0 aliphatic carbocycles. The molecule has 0 radical (unpaired) electrons. The van der Waals surface area contributed by atoms with Gasteiger partial charge in [-0.3, -0.25) is 14.3 Å². The van der Waals surface area contributed by atoms with E-state index in [9.17, 15) is 14.3 Å². The molecule has 0 saturated carbocycles. The van der Waals surface area contributed by atoms with Crippen LogP contribution in [0.4, 0.5) is 10.3 Å². The van der Waals surface area contributed by atoms with Crippen LogP contribution in [0.15, 0.2) is 11.1 Å². The maximum Gasteiger partial charge on any atom is 0.280 e. The molecule has 4 atom stereocenters. The van der Waals surface area contributed by atoms with Gasteiger partial charge in [0.1, 0.15) is 12.2 Å². The Labute approximate surface area is 117 Å². The van der Waals surface area contributed by atoms with Crippen LogP contribution in [0.2, 0.25) is 0 Å². The van der Waals surface area contributed by atoms with Crippen LogP contribution in [0.3, 0.4) is 0 Å². The maximum absolute atomic E-state index is 14.7. The van der Waals surface area contributed by atoms with Crippen LogP contribution in [0, 0.1) is 0 Å². The molecule has 1 aliphatic rings. The monoisotopic (exact) mass is 299 g/mol. The van der Waals surface area contributed by atoms with Gasteiger partial charge in [-0.25, -0.2) is 9.37 Å². The van der Waals surface area contributed by atoms with Gasteiger partial charge in [-0.2, -0.15) is 4.98 Å². The lowest BCUT2D eigenvalue weighted by Crippen LogP contribution is -2.40. The lowest BCUT2D eigenvalue weighted by atomic mass is 9.99. The summed E-state index contributed by atoms with van der Waals surface area (Å²) < 4.78 is 21.2. The van der Waals surface area contributed by atoms with E-state index in [0.717, 1.165) is 6.92 Å². The number of aliphatic hydroxyl groups excluding tert-OH is 2. The van der Waals surface area contributed by atoms with Crippen LogP contribution < -0.4 is 11.3 Å². The van der Waals surface area contributed by atoms with Gasteiger partial charge in [0.15, 0.2) is 23.1 Å². The predicted octanol–water partition coefficient (Wildman–Crippen LogP) is -1.32. The highest BCUT2D eigenvalue weighted by atomic mass is 19.1. The van der Waals surface area contributed by atoms with Crippen LogP contribution in [0.25, 0.3) is 11.2 Å². The summed E-state index contributed by atoms with van der Waals surface area (Å²) in [4.78, 5) is 21.7. The molecule has 0 aromatic carbocycles. The number of rotatable bonds is 2. The fourth-order valence-corrected chi connectivity index (χ4v) is 2.48. The summed E-state index contributed by atoms with van der Waals surface area (Å²) in [7, 11) is 0. The summed E-state index contributed by atoms with van der Waals surface area (Å²) in [5, 5.41) is 19.0. The molecule has 1 saturated heterocycles. The van der Waals surface area contributed by atoms with Crippen molar-refractivity contribution in [3.63, 3.8) is 0 Å². The molecular formula is C11H14FN5O4. The molecule has 2 unspecified atom stereocenters. The Hall–Kier alpha value is -2.04. The molecule has 0 amide bonds. The van der Waals surface area contributed by atoms with E-state index in [4.69, 9.17) is 15.6 Å². The standard InChI is InChI=1S/C11H14FN5O4/c1-11(12)6(19)4(2-18)21-9(11)17-3-14-5-7(17)15-10(13)16-8(5)20/h3-4,6,9,18-19H,2H2,1H3,(H3,13,15,16,20)/t4?,6-,9+,11?/m0/s1. The number of aromatic amines is 1. The minimum absolute atomic E-state index is 0.0226. The summed E-state index contributed by atoms with van der Waals surface area (Å²) in [6, 6.07) is 0. The average Bonchev–Trinajstić information content (AvgIpc) is 2.91. The highest BCUT2D eigenvalue weighted by molar-refractivity contribution is 5.70. The lowest BCUT2D eigenvalue weighted by molar-refractivity contribution is -0.0566. The van der Waals surface area contributed by atoms with E-state index in [1.165, 1.54) is 10.9 Å². The van der Waals surface area contributed by atoms with Crippen molar-refractivity contribution < 1.29 is 19.3 Å². The molecule has 9 nitrogen and oxygen atoms in total. The van der Waals surface area contributed by atoms with Gasteiger partial charge in [-0.15, -0.1) is 0 Å². The molecular weight excluding hydrogens is 285 g/mol. The molecule has 2 aromatic rings. The van der Waals surface area contributed by atoms with E-state index >= 15 is 0 Å². The highest BCUT2D eigenvalue weighted by Crippen LogP contribution is 2.41. The van der Waals surface area contributed by atoms with Gasteiger partial charge in [-0.05, 0) is 6.92 Å². The van der Waals surface area contributed by atoms with Gasteiger partial charge < -0.3 is 20.7 Å². The van der Waals surface area contributed by atoms with Crippen molar-refractivity contribution >= 4 is 17.1 Å². The number of alkyl halides is 1. The summed E-state index contributed by atoms with van der Waals surface area (Å²) in [5.74, 6) is -0.146. The normalized spacial score (nSPS) is 32.9. The highest BCUT2D eigenvalue weighted by Gasteiger charge is 2.55. The second-order valence-electron chi connectivity index (χ2n) is 5.08. The number of nitrogens with one attached hydrogen (secondary N) is 1. The zero-order valence-corrected chi connectivity index (χ0v) is 11.0. The van der Waals surface area contributed by atoms with Crippen LogP contribution in [-0.4, -0.2) is 54.2 Å². The Morgan fingerprint density at radius 2 is 2.38 bits per heavy atom. The minimum atomic E-state index is -2.19. The third kappa shape index (κ3) is 1.91. The van der Waals surface area contributed by atoms with E-state index in [0.29, 0.717) is 0 Å². The smallest absolute Gasteiger partial charge is 0.280 e. The van der Waals surface area contributed by atoms with Crippen LogP contribution >= 0.6 is 0 Å². The average molecular weight is 299 g/mol. The van der Waals surface area contributed by atoms with Crippen molar-refractivity contribution in [2.75, 3.05) is 12.3 Å². The third-order valence-electron chi connectivity index (χ3n) is 3.60. The number of imidazole rings is 1. The second-order valence-corrected chi connectivity index (χ2v) is 5.08. The zero-order valence-electron chi connectivity index (χ0n) is 11.0. The van der Waals surface area contributed by atoms with Crippen LogP contribution in [0.5, 0.6) is 0 Å². The Balaban J connectivity index is 2.15. The molecule has 21 heavy (non-hydrogen) atoms. The van der Waals surface area contributed by atoms with Gasteiger partial charge >= 0.3 is 0 Å². The molecule has 0 spiro atoms. The van der Waals surface area contributed by atoms with Crippen molar-refractivity contribution in [2.24, 2.45) is 0 Å². The Kier molecular flexibility index (Phi) is 2.97. The predicted molar refractivity (Wildman–Crippen MR) is 69.1 cm³/mol. The lowest BCUT2D eigenvalue weighted by Gasteiger charge is -2.24. The summed E-state index contributed by atoms with van der Waals surface area (Å²) in [6.07, 6.45) is -2.71. The summed E-state index contributed by atoms with van der Waals surface area (Å²) in [5.41, 5.74) is 2.73. The molecule has 1 fully saturated rings. The Morgan fingerprint density at radius 1 is 1.67 bits per heavy atom. The van der Waals surface area contributed by atoms with Gasteiger partial charge in [-0.1, -0.05) is 0 Å². The van der Waals surface area contributed by atoms with Gasteiger partial charge in [0, 0.05) is 0 Å². The Morgan fingerprint density at radius 3 is 3.00 bits per heavy atom. The number of hydrogen-bond acceptors (Lipinski definition) is 7. The molecule has 10 heteroatoms. The number of aliphatic hydroxyl groups is 2. The number of fused-ring (bicyclic) bond motifs is 1. The molecule has 5 N–H and O–H groups in total. The number of anilines is 1. The van der Waals surface area contributed by atoms with Gasteiger partial charge in [0.2, 0.25) is 5.95 Å². The van der Waals surface area contributed by atoms with Gasteiger partial charge in [0.25, 0.3) is 5.56 Å². The molecule has 3 heterocycles. The SMILES string of the molecule is CC1(F)[C@@H](O)C(CO)O[C@H]1n1cnc2c(=O)[nH]c(N)nc21. The number of hydrogen-bond donors (Lipinski definition) is 4. The van der Waals surface area contributed by atoms with E-state index in [1.54, 1.807) is 0 Å². The van der Waals surface area contributed by atoms with Crippen LogP contribution in [-0.2, 0) is 4.74 Å². The topological polar surface area (TPSA) is 139 Å². The zero-order chi connectivity index (χ0) is 15.4. The van der Waals surface area contributed by atoms with Crippen LogP contribution in [0.1, 0.15) is 13.2 Å². The van der Waals surface area contributed by atoms with E-state index < -0.39 is 36.3 Å². The van der Waals surface area contributed by atoms with Crippen molar-refractivity contribution in [3.05, 3.63) is 16.7 Å². The minimum Gasteiger partial charge on any atom is -0.394 e. The molecule has 114 valence electrons. The number of nitrogen functional groups attached to an aromatic ring is 1. The second kappa shape index (κ2) is 4.48. The number of H-pyrrole nitrogens is 1. The van der Waals surface area contributed by atoms with Crippen molar-refractivity contribution in [1.29, 1.82) is 0 Å². The third-order valence-corrected chi connectivity index (χ3v) is 3.60. The number of halogens is 1.